The molecule has 23 heavy (non-hydrogen) atoms. The number of hydrogen-bond acceptors (Lipinski definition) is 3. The van der Waals surface area contributed by atoms with Gasteiger partial charge >= 0.3 is 6.03 Å². The van der Waals surface area contributed by atoms with E-state index in [0.29, 0.717) is 18.7 Å². The molecule has 0 unspecified atom stereocenters. The monoisotopic (exact) mass is 313 g/mol. The summed E-state index contributed by atoms with van der Waals surface area (Å²) >= 11 is 0. The van der Waals surface area contributed by atoms with Gasteiger partial charge in [-0.2, -0.15) is 0 Å². The summed E-state index contributed by atoms with van der Waals surface area (Å²) in [6.45, 7) is 0.594. The summed E-state index contributed by atoms with van der Waals surface area (Å²) < 4.78 is 1.88. The molecule has 1 aliphatic rings. The predicted octanol–water partition coefficient (Wildman–Crippen LogP) is 1.61. The Morgan fingerprint density at radius 2 is 2.04 bits per heavy atom. The fourth-order valence-corrected chi connectivity index (χ4v) is 2.77. The first-order valence-corrected chi connectivity index (χ1v) is 7.56. The van der Waals surface area contributed by atoms with Gasteiger partial charge in [0.1, 0.15) is 6.04 Å². The number of urea groups is 1. The van der Waals surface area contributed by atoms with Crippen molar-refractivity contribution in [2.24, 2.45) is 0 Å². The molecule has 0 spiro atoms. The molecule has 3 rings (SSSR count). The van der Waals surface area contributed by atoms with Crippen LogP contribution in [0.5, 0.6) is 0 Å². The van der Waals surface area contributed by atoms with Gasteiger partial charge in [0, 0.05) is 37.4 Å². The van der Waals surface area contributed by atoms with Gasteiger partial charge in [0.2, 0.25) is 5.91 Å². The van der Waals surface area contributed by atoms with Crippen LogP contribution in [0.15, 0.2) is 43.0 Å². The molecule has 0 saturated carbocycles. The standard InChI is InChI=1S/C16H19N5O2/c1-17-15(22)14-3-2-9-21(14)16(23)19-12-4-6-13(7-5-12)20-10-8-18-11-20/h4-8,10-11,14H,2-3,9H2,1H3,(H,17,22)(H,19,23)/t14-/m0/s1. The molecule has 1 aromatic heterocycles. The number of carbonyl (C=O) groups is 2. The van der Waals surface area contributed by atoms with Crippen molar-refractivity contribution in [2.75, 3.05) is 18.9 Å². The Morgan fingerprint density at radius 3 is 2.70 bits per heavy atom. The number of likely N-dealkylation sites (tertiary alicyclic amines) is 1. The van der Waals surface area contributed by atoms with Gasteiger partial charge in [-0.25, -0.2) is 9.78 Å². The number of carbonyl (C=O) groups excluding carboxylic acids is 2. The van der Waals surface area contributed by atoms with Crippen molar-refractivity contribution in [1.82, 2.24) is 19.8 Å². The number of benzene rings is 1. The smallest absolute Gasteiger partial charge is 0.322 e. The molecule has 2 N–H and O–H groups in total. The number of likely N-dealkylation sites (N-methyl/N-ethyl adjacent to an activating group) is 1. The second-order valence-electron chi connectivity index (χ2n) is 5.41. The van der Waals surface area contributed by atoms with Crippen LogP contribution in [0, 0.1) is 0 Å². The first-order valence-electron chi connectivity index (χ1n) is 7.56. The molecule has 7 heteroatoms. The zero-order chi connectivity index (χ0) is 16.2. The minimum Gasteiger partial charge on any atom is -0.357 e. The zero-order valence-corrected chi connectivity index (χ0v) is 12.9. The molecule has 3 amide bonds. The Morgan fingerprint density at radius 1 is 1.26 bits per heavy atom. The van der Waals surface area contributed by atoms with Gasteiger partial charge in [0.05, 0.1) is 6.33 Å². The zero-order valence-electron chi connectivity index (χ0n) is 12.9. The normalized spacial score (nSPS) is 17.1. The fourth-order valence-electron chi connectivity index (χ4n) is 2.77. The highest BCUT2D eigenvalue weighted by atomic mass is 16.2. The van der Waals surface area contributed by atoms with E-state index >= 15 is 0 Å². The molecule has 1 aromatic carbocycles. The topological polar surface area (TPSA) is 79.3 Å². The van der Waals surface area contributed by atoms with E-state index in [1.54, 1.807) is 24.5 Å². The highest BCUT2D eigenvalue weighted by Gasteiger charge is 2.33. The number of anilines is 1. The Labute approximate surface area is 134 Å². The van der Waals surface area contributed by atoms with Gasteiger partial charge in [-0.1, -0.05) is 0 Å². The van der Waals surface area contributed by atoms with Crippen LogP contribution < -0.4 is 10.6 Å². The number of nitrogens with zero attached hydrogens (tertiary/aromatic N) is 3. The SMILES string of the molecule is CNC(=O)[C@@H]1CCCN1C(=O)Nc1ccc(-n2ccnc2)cc1. The van der Waals surface area contributed by atoms with E-state index in [1.165, 1.54) is 0 Å². The van der Waals surface area contributed by atoms with E-state index in [-0.39, 0.29) is 18.0 Å². The summed E-state index contributed by atoms with van der Waals surface area (Å²) in [4.78, 5) is 29.8. The molecule has 1 atom stereocenters. The van der Waals surface area contributed by atoms with Crippen molar-refractivity contribution in [3.05, 3.63) is 43.0 Å². The van der Waals surface area contributed by atoms with Gasteiger partial charge < -0.3 is 20.1 Å². The van der Waals surface area contributed by atoms with E-state index < -0.39 is 0 Å². The first-order chi connectivity index (χ1) is 11.2. The lowest BCUT2D eigenvalue weighted by Crippen LogP contribution is -2.46. The van der Waals surface area contributed by atoms with E-state index in [2.05, 4.69) is 15.6 Å². The molecule has 0 radical (unpaired) electrons. The lowest BCUT2D eigenvalue weighted by atomic mass is 10.2. The third kappa shape index (κ3) is 3.18. The van der Waals surface area contributed by atoms with Crippen LogP contribution in [0.1, 0.15) is 12.8 Å². The summed E-state index contributed by atoms with van der Waals surface area (Å²) in [5.74, 6) is -0.117. The predicted molar refractivity (Wildman–Crippen MR) is 86.4 cm³/mol. The maximum Gasteiger partial charge on any atom is 0.322 e. The summed E-state index contributed by atoms with van der Waals surface area (Å²) in [6, 6.07) is 6.84. The minimum absolute atomic E-state index is 0.117. The average Bonchev–Trinajstić information content (AvgIpc) is 3.26. The minimum atomic E-state index is -0.384. The summed E-state index contributed by atoms with van der Waals surface area (Å²) in [5.41, 5.74) is 1.66. The number of rotatable bonds is 3. The highest BCUT2D eigenvalue weighted by Crippen LogP contribution is 2.20. The van der Waals surface area contributed by atoms with Crippen molar-refractivity contribution in [3.63, 3.8) is 0 Å². The van der Waals surface area contributed by atoms with Crippen LogP contribution in [0.4, 0.5) is 10.5 Å². The van der Waals surface area contributed by atoms with Crippen LogP contribution in [-0.4, -0.2) is 46.0 Å². The molecule has 1 aliphatic heterocycles. The molecule has 1 saturated heterocycles. The number of imidazole rings is 1. The van der Waals surface area contributed by atoms with Crippen molar-refractivity contribution in [3.8, 4) is 5.69 Å². The summed E-state index contributed by atoms with van der Waals surface area (Å²) in [6.07, 6.45) is 6.82. The lowest BCUT2D eigenvalue weighted by molar-refractivity contribution is -0.124. The van der Waals surface area contributed by atoms with Crippen molar-refractivity contribution >= 4 is 17.6 Å². The summed E-state index contributed by atoms with van der Waals surface area (Å²) in [5, 5.41) is 5.46. The molecule has 7 nitrogen and oxygen atoms in total. The van der Waals surface area contributed by atoms with Crippen LogP contribution in [0.2, 0.25) is 0 Å². The van der Waals surface area contributed by atoms with Crippen molar-refractivity contribution in [1.29, 1.82) is 0 Å². The van der Waals surface area contributed by atoms with E-state index in [1.807, 2.05) is 35.0 Å². The van der Waals surface area contributed by atoms with Gasteiger partial charge in [-0.05, 0) is 37.1 Å². The molecule has 0 bridgehead atoms. The third-order valence-corrected chi connectivity index (χ3v) is 3.98. The Kier molecular flexibility index (Phi) is 4.27. The van der Waals surface area contributed by atoms with Gasteiger partial charge in [0.25, 0.3) is 0 Å². The quantitative estimate of drug-likeness (QED) is 0.903. The number of amides is 3. The lowest BCUT2D eigenvalue weighted by Gasteiger charge is -2.23. The number of nitrogens with one attached hydrogen (secondary N) is 2. The average molecular weight is 313 g/mol. The third-order valence-electron chi connectivity index (χ3n) is 3.98. The molecule has 2 heterocycles. The Hall–Kier alpha value is -2.83. The van der Waals surface area contributed by atoms with E-state index in [4.69, 9.17) is 0 Å². The van der Waals surface area contributed by atoms with Crippen LogP contribution in [0.3, 0.4) is 0 Å². The van der Waals surface area contributed by atoms with Crippen molar-refractivity contribution in [2.45, 2.75) is 18.9 Å². The highest BCUT2D eigenvalue weighted by molar-refractivity contribution is 5.94. The van der Waals surface area contributed by atoms with E-state index in [0.717, 1.165) is 12.1 Å². The van der Waals surface area contributed by atoms with Gasteiger partial charge in [-0.3, -0.25) is 4.79 Å². The first kappa shape index (κ1) is 15.1. The maximum absolute atomic E-state index is 12.4. The van der Waals surface area contributed by atoms with Gasteiger partial charge in [0.15, 0.2) is 0 Å². The molecular weight excluding hydrogens is 294 g/mol. The molecule has 1 fully saturated rings. The van der Waals surface area contributed by atoms with Gasteiger partial charge in [-0.15, -0.1) is 0 Å². The Bertz CT molecular complexity index is 681. The van der Waals surface area contributed by atoms with E-state index in [9.17, 15) is 9.59 Å². The second-order valence-corrected chi connectivity index (χ2v) is 5.41. The van der Waals surface area contributed by atoms with Crippen molar-refractivity contribution < 1.29 is 9.59 Å². The molecular formula is C16H19N5O2. The second kappa shape index (κ2) is 6.51. The van der Waals surface area contributed by atoms with Crippen LogP contribution in [0.25, 0.3) is 5.69 Å². The molecule has 2 aromatic rings. The summed E-state index contributed by atoms with van der Waals surface area (Å²) in [7, 11) is 1.59. The molecule has 0 aliphatic carbocycles. The number of hydrogen-bond donors (Lipinski definition) is 2. The largest absolute Gasteiger partial charge is 0.357 e. The van der Waals surface area contributed by atoms with Crippen LogP contribution >= 0.6 is 0 Å². The fraction of sp³-hybridized carbons (Fsp3) is 0.312. The maximum atomic E-state index is 12.4. The van der Waals surface area contributed by atoms with Crippen LogP contribution in [-0.2, 0) is 4.79 Å². The Balaban J connectivity index is 1.67. The number of aromatic nitrogens is 2. The molecule has 120 valence electrons.